The third-order valence-electron chi connectivity index (χ3n) is 2.87. The van der Waals surface area contributed by atoms with E-state index in [1.54, 1.807) is 0 Å². The lowest BCUT2D eigenvalue weighted by molar-refractivity contribution is -0.123. The van der Waals surface area contributed by atoms with Crippen LogP contribution < -0.4 is 10.6 Å². The lowest BCUT2D eigenvalue weighted by atomic mass is 10.1. The Morgan fingerprint density at radius 3 is 3.00 bits per heavy atom. The normalized spacial score (nSPS) is 22.8. The fourth-order valence-corrected chi connectivity index (χ4v) is 2.78. The smallest absolute Gasteiger partial charge is 0.238 e. The molecule has 2 N–H and O–H groups in total. The Labute approximate surface area is 103 Å². The molecule has 2 atom stereocenters. The maximum absolute atomic E-state index is 11.9. The summed E-state index contributed by atoms with van der Waals surface area (Å²) in [5.41, 5.74) is 0. The Morgan fingerprint density at radius 1 is 1.56 bits per heavy atom. The molecule has 0 radical (unpaired) electrons. The molecule has 3 nitrogen and oxygen atoms in total. The molecule has 0 spiro atoms. The van der Waals surface area contributed by atoms with Gasteiger partial charge in [-0.05, 0) is 13.3 Å². The zero-order valence-corrected chi connectivity index (χ0v) is 11.2. The molecule has 2 unspecified atom stereocenters. The molecule has 1 fully saturated rings. The monoisotopic (exact) mass is 244 g/mol. The van der Waals surface area contributed by atoms with Gasteiger partial charge in [0.25, 0.3) is 0 Å². The minimum atomic E-state index is 0.0207. The summed E-state index contributed by atoms with van der Waals surface area (Å²) in [4.78, 5) is 11.9. The van der Waals surface area contributed by atoms with Gasteiger partial charge in [0.15, 0.2) is 0 Å². The topological polar surface area (TPSA) is 41.1 Å². The maximum atomic E-state index is 11.9. The first-order valence-electron chi connectivity index (χ1n) is 6.35. The summed E-state index contributed by atoms with van der Waals surface area (Å²) in [6.07, 6.45) is 4.81. The van der Waals surface area contributed by atoms with Crippen LogP contribution in [0.25, 0.3) is 0 Å². The third-order valence-corrected chi connectivity index (χ3v) is 3.93. The molecule has 1 amide bonds. The molecule has 94 valence electrons. The zero-order valence-electron chi connectivity index (χ0n) is 10.4. The van der Waals surface area contributed by atoms with E-state index in [1.165, 1.54) is 19.3 Å². The molecule has 1 rings (SSSR count). The molecule has 0 saturated carbocycles. The number of hydrogen-bond donors (Lipinski definition) is 2. The highest BCUT2D eigenvalue weighted by Gasteiger charge is 2.21. The Kier molecular flexibility index (Phi) is 6.88. The average molecular weight is 244 g/mol. The number of amides is 1. The van der Waals surface area contributed by atoms with Crippen molar-refractivity contribution in [2.45, 2.75) is 51.6 Å². The van der Waals surface area contributed by atoms with Crippen molar-refractivity contribution in [2.24, 2.45) is 0 Å². The lowest BCUT2D eigenvalue weighted by Crippen LogP contribution is -2.50. The van der Waals surface area contributed by atoms with E-state index in [2.05, 4.69) is 24.5 Å². The van der Waals surface area contributed by atoms with Gasteiger partial charge >= 0.3 is 0 Å². The molecule has 1 heterocycles. The number of carbonyl (C=O) groups excluding carboxylic acids is 1. The van der Waals surface area contributed by atoms with Crippen LogP contribution in [0.15, 0.2) is 0 Å². The fourth-order valence-electron chi connectivity index (χ4n) is 1.85. The number of hydrogen-bond acceptors (Lipinski definition) is 3. The molecule has 1 aliphatic heterocycles. The summed E-state index contributed by atoms with van der Waals surface area (Å²) in [6.45, 7) is 5.25. The quantitative estimate of drug-likeness (QED) is 0.700. The molecule has 0 bridgehead atoms. The first-order chi connectivity index (χ1) is 7.74. The summed E-state index contributed by atoms with van der Waals surface area (Å²) in [7, 11) is 0. The summed E-state index contributed by atoms with van der Waals surface area (Å²) in [5, 5.41) is 6.35. The van der Waals surface area contributed by atoms with Crippen LogP contribution >= 0.6 is 11.8 Å². The number of carbonyl (C=O) groups is 1. The molecule has 0 aromatic carbocycles. The predicted octanol–water partition coefficient (Wildman–Crippen LogP) is 1.78. The van der Waals surface area contributed by atoms with Crippen molar-refractivity contribution in [2.75, 3.05) is 18.1 Å². The Balaban J connectivity index is 2.16. The Hall–Kier alpha value is -0.220. The van der Waals surface area contributed by atoms with Crippen LogP contribution in [-0.4, -0.2) is 36.0 Å². The molecule has 4 heteroatoms. The van der Waals surface area contributed by atoms with E-state index in [4.69, 9.17) is 0 Å². The average Bonchev–Trinajstić information content (AvgIpc) is 2.30. The van der Waals surface area contributed by atoms with Crippen LogP contribution in [0.5, 0.6) is 0 Å². The molecule has 1 aliphatic rings. The highest BCUT2D eigenvalue weighted by Crippen LogP contribution is 2.08. The standard InChI is InChI=1S/C12H24N2OS/c1-3-4-5-6-10(2)14-12(15)11-9-16-8-7-13-11/h10-11,13H,3-9H2,1-2H3,(H,14,15). The van der Waals surface area contributed by atoms with Crippen LogP contribution in [-0.2, 0) is 4.79 Å². The van der Waals surface area contributed by atoms with Gasteiger partial charge in [0.2, 0.25) is 5.91 Å². The largest absolute Gasteiger partial charge is 0.352 e. The van der Waals surface area contributed by atoms with Crippen LogP contribution in [0.2, 0.25) is 0 Å². The van der Waals surface area contributed by atoms with Crippen molar-refractivity contribution in [3.8, 4) is 0 Å². The van der Waals surface area contributed by atoms with Gasteiger partial charge in [0.1, 0.15) is 0 Å². The van der Waals surface area contributed by atoms with Crippen molar-refractivity contribution in [3.63, 3.8) is 0 Å². The van der Waals surface area contributed by atoms with Gasteiger partial charge in [-0.3, -0.25) is 4.79 Å². The second kappa shape index (κ2) is 7.96. The zero-order chi connectivity index (χ0) is 11.8. The Morgan fingerprint density at radius 2 is 2.38 bits per heavy atom. The number of rotatable bonds is 6. The highest BCUT2D eigenvalue weighted by atomic mass is 32.2. The van der Waals surface area contributed by atoms with Crippen molar-refractivity contribution in [1.82, 2.24) is 10.6 Å². The molecule has 0 aromatic heterocycles. The second-order valence-electron chi connectivity index (χ2n) is 4.49. The van der Waals surface area contributed by atoms with Crippen molar-refractivity contribution in [3.05, 3.63) is 0 Å². The maximum Gasteiger partial charge on any atom is 0.238 e. The second-order valence-corrected chi connectivity index (χ2v) is 5.64. The molecule has 1 saturated heterocycles. The lowest BCUT2D eigenvalue weighted by Gasteiger charge is -2.24. The van der Waals surface area contributed by atoms with Gasteiger partial charge in [-0.2, -0.15) is 11.8 Å². The summed E-state index contributed by atoms with van der Waals surface area (Å²) in [6, 6.07) is 0.333. The molecule has 0 aliphatic carbocycles. The van der Waals surface area contributed by atoms with E-state index in [9.17, 15) is 4.79 Å². The molecular weight excluding hydrogens is 220 g/mol. The van der Waals surface area contributed by atoms with E-state index in [0.29, 0.717) is 6.04 Å². The van der Waals surface area contributed by atoms with Gasteiger partial charge in [-0.15, -0.1) is 0 Å². The van der Waals surface area contributed by atoms with E-state index in [0.717, 1.165) is 24.5 Å². The molecule has 0 aromatic rings. The van der Waals surface area contributed by atoms with Gasteiger partial charge in [-0.25, -0.2) is 0 Å². The van der Waals surface area contributed by atoms with Gasteiger partial charge < -0.3 is 10.6 Å². The molecular formula is C12H24N2OS. The minimum Gasteiger partial charge on any atom is -0.352 e. The summed E-state index contributed by atoms with van der Waals surface area (Å²) in [5.74, 6) is 2.21. The van der Waals surface area contributed by atoms with E-state index in [1.807, 2.05) is 11.8 Å². The number of nitrogens with one attached hydrogen (secondary N) is 2. The number of thioether (sulfide) groups is 1. The SMILES string of the molecule is CCCCCC(C)NC(=O)C1CSCCN1. The van der Waals surface area contributed by atoms with Gasteiger partial charge in [-0.1, -0.05) is 26.2 Å². The van der Waals surface area contributed by atoms with Crippen molar-refractivity contribution >= 4 is 17.7 Å². The first-order valence-corrected chi connectivity index (χ1v) is 7.51. The van der Waals surface area contributed by atoms with Gasteiger partial charge in [0, 0.05) is 24.1 Å². The van der Waals surface area contributed by atoms with Crippen molar-refractivity contribution in [1.29, 1.82) is 0 Å². The Bertz CT molecular complexity index is 205. The van der Waals surface area contributed by atoms with E-state index in [-0.39, 0.29) is 11.9 Å². The van der Waals surface area contributed by atoms with Crippen molar-refractivity contribution < 1.29 is 4.79 Å². The highest BCUT2D eigenvalue weighted by molar-refractivity contribution is 7.99. The van der Waals surface area contributed by atoms with Crippen LogP contribution in [0.1, 0.15) is 39.5 Å². The van der Waals surface area contributed by atoms with Crippen LogP contribution in [0, 0.1) is 0 Å². The van der Waals surface area contributed by atoms with Crippen LogP contribution in [0.4, 0.5) is 0 Å². The third kappa shape index (κ3) is 5.21. The van der Waals surface area contributed by atoms with Gasteiger partial charge in [0.05, 0.1) is 6.04 Å². The van der Waals surface area contributed by atoms with E-state index >= 15 is 0 Å². The fraction of sp³-hybridized carbons (Fsp3) is 0.917. The first kappa shape index (κ1) is 13.8. The summed E-state index contributed by atoms with van der Waals surface area (Å²) >= 11 is 1.86. The van der Waals surface area contributed by atoms with E-state index < -0.39 is 0 Å². The molecule has 16 heavy (non-hydrogen) atoms. The predicted molar refractivity (Wildman–Crippen MR) is 70.9 cm³/mol. The number of unbranched alkanes of at least 4 members (excludes halogenated alkanes) is 2. The summed E-state index contributed by atoms with van der Waals surface area (Å²) < 4.78 is 0. The minimum absolute atomic E-state index is 0.0207. The van der Waals surface area contributed by atoms with Crippen LogP contribution in [0.3, 0.4) is 0 Å².